The molecule has 0 radical (unpaired) electrons. The van der Waals surface area contributed by atoms with E-state index in [0.717, 1.165) is 0 Å². The maximum Gasteiger partial charge on any atom is 0.339 e. The number of hydrogen-bond acceptors (Lipinski definition) is 5. The Kier molecular flexibility index (Phi) is 3.47. The van der Waals surface area contributed by atoms with Crippen LogP contribution in [0.25, 0.3) is 0 Å². The monoisotopic (exact) mass is 251 g/mol. The van der Waals surface area contributed by atoms with Crippen LogP contribution in [0.2, 0.25) is 0 Å². The van der Waals surface area contributed by atoms with Crippen LogP contribution in [0.15, 0.2) is 6.20 Å². The number of aromatic nitrogens is 2. The summed E-state index contributed by atoms with van der Waals surface area (Å²) in [6, 6.07) is 0. The quantitative estimate of drug-likeness (QED) is 0.804. The van der Waals surface area contributed by atoms with Crippen molar-refractivity contribution in [3.8, 4) is 0 Å². The minimum Gasteiger partial charge on any atom is -0.478 e. The summed E-state index contributed by atoms with van der Waals surface area (Å²) in [7, 11) is 0. The zero-order valence-corrected chi connectivity index (χ0v) is 10.5. The molecule has 98 valence electrons. The van der Waals surface area contributed by atoms with Gasteiger partial charge < -0.3 is 15.1 Å². The van der Waals surface area contributed by atoms with Crippen molar-refractivity contribution >= 4 is 11.9 Å². The number of aliphatic hydroxyl groups is 1. The van der Waals surface area contributed by atoms with Gasteiger partial charge in [0, 0.05) is 19.3 Å². The number of carboxylic acid groups (broad SMARTS) is 1. The lowest BCUT2D eigenvalue weighted by atomic mass is 9.97. The lowest BCUT2D eigenvalue weighted by Crippen LogP contribution is -2.42. The van der Waals surface area contributed by atoms with E-state index in [1.807, 2.05) is 11.8 Å². The zero-order chi connectivity index (χ0) is 13.3. The average molecular weight is 251 g/mol. The second-order valence-corrected chi connectivity index (χ2v) is 4.75. The van der Waals surface area contributed by atoms with Crippen LogP contribution in [0, 0.1) is 12.8 Å². The van der Waals surface area contributed by atoms with Gasteiger partial charge in [0.2, 0.25) is 5.95 Å². The summed E-state index contributed by atoms with van der Waals surface area (Å²) < 4.78 is 0. The van der Waals surface area contributed by atoms with E-state index in [4.69, 9.17) is 5.11 Å². The number of carboxylic acids is 1. The molecule has 0 amide bonds. The summed E-state index contributed by atoms with van der Waals surface area (Å²) in [6.07, 6.45) is 1.75. The Morgan fingerprint density at radius 1 is 1.56 bits per heavy atom. The molecule has 0 aromatic carbocycles. The fourth-order valence-corrected chi connectivity index (χ4v) is 2.13. The highest BCUT2D eigenvalue weighted by molar-refractivity contribution is 5.88. The van der Waals surface area contributed by atoms with E-state index in [0.29, 0.717) is 31.2 Å². The average Bonchev–Trinajstić information content (AvgIpc) is 2.32. The van der Waals surface area contributed by atoms with Gasteiger partial charge in [-0.05, 0) is 19.3 Å². The molecular formula is C12H17N3O3. The first-order valence-corrected chi connectivity index (χ1v) is 5.99. The van der Waals surface area contributed by atoms with Crippen LogP contribution in [0.5, 0.6) is 0 Å². The van der Waals surface area contributed by atoms with Gasteiger partial charge in [0.25, 0.3) is 0 Å². The van der Waals surface area contributed by atoms with Crippen LogP contribution >= 0.6 is 0 Å². The van der Waals surface area contributed by atoms with Crippen LogP contribution in [0.3, 0.4) is 0 Å². The van der Waals surface area contributed by atoms with Gasteiger partial charge in [0.1, 0.15) is 0 Å². The minimum absolute atomic E-state index is 0.129. The standard InChI is InChI=1S/C12H17N3O3/c1-7-6-15(4-3-10(7)16)12-13-5-9(11(17)18)8(2)14-12/h5,7,10,16H,3-4,6H2,1-2H3,(H,17,18). The number of piperidine rings is 1. The van der Waals surface area contributed by atoms with E-state index in [-0.39, 0.29) is 17.6 Å². The second-order valence-electron chi connectivity index (χ2n) is 4.75. The highest BCUT2D eigenvalue weighted by Crippen LogP contribution is 2.21. The molecular weight excluding hydrogens is 234 g/mol. The first kappa shape index (κ1) is 12.8. The Bertz CT molecular complexity index is 464. The number of anilines is 1. The van der Waals surface area contributed by atoms with Gasteiger partial charge in [-0.3, -0.25) is 0 Å². The smallest absolute Gasteiger partial charge is 0.339 e. The van der Waals surface area contributed by atoms with Crippen molar-refractivity contribution < 1.29 is 15.0 Å². The normalized spacial score (nSPS) is 24.1. The number of aryl methyl sites for hydroxylation is 1. The van der Waals surface area contributed by atoms with Crippen LogP contribution in [0.1, 0.15) is 29.4 Å². The Hall–Kier alpha value is -1.69. The van der Waals surface area contributed by atoms with Crippen molar-refractivity contribution in [1.29, 1.82) is 0 Å². The fraction of sp³-hybridized carbons (Fsp3) is 0.583. The zero-order valence-electron chi connectivity index (χ0n) is 10.5. The largest absolute Gasteiger partial charge is 0.478 e. The summed E-state index contributed by atoms with van der Waals surface area (Å²) in [5.41, 5.74) is 0.593. The molecule has 0 bridgehead atoms. The van der Waals surface area contributed by atoms with Crippen molar-refractivity contribution in [2.75, 3.05) is 18.0 Å². The molecule has 18 heavy (non-hydrogen) atoms. The van der Waals surface area contributed by atoms with Crippen molar-refractivity contribution in [2.24, 2.45) is 5.92 Å². The molecule has 1 aromatic heterocycles. The van der Waals surface area contributed by atoms with E-state index in [1.54, 1.807) is 6.92 Å². The highest BCUT2D eigenvalue weighted by atomic mass is 16.4. The molecule has 2 atom stereocenters. The van der Waals surface area contributed by atoms with Crippen molar-refractivity contribution in [2.45, 2.75) is 26.4 Å². The number of aliphatic hydroxyl groups excluding tert-OH is 1. The Balaban J connectivity index is 2.19. The van der Waals surface area contributed by atoms with Crippen molar-refractivity contribution in [3.05, 3.63) is 17.5 Å². The number of nitrogens with zero attached hydrogens (tertiary/aromatic N) is 3. The van der Waals surface area contributed by atoms with Crippen molar-refractivity contribution in [1.82, 2.24) is 9.97 Å². The van der Waals surface area contributed by atoms with Crippen LogP contribution in [0.4, 0.5) is 5.95 Å². The molecule has 2 N–H and O–H groups in total. The van der Waals surface area contributed by atoms with E-state index in [1.165, 1.54) is 6.20 Å². The third-order valence-electron chi connectivity index (χ3n) is 3.34. The van der Waals surface area contributed by atoms with Crippen LogP contribution in [-0.2, 0) is 0 Å². The predicted octanol–water partition coefficient (Wildman–Crippen LogP) is 0.690. The summed E-state index contributed by atoms with van der Waals surface area (Å²) in [5.74, 6) is -0.306. The maximum absolute atomic E-state index is 10.9. The summed E-state index contributed by atoms with van der Waals surface area (Å²) in [6.45, 7) is 5.02. The lowest BCUT2D eigenvalue weighted by molar-refractivity contribution is 0.0695. The molecule has 2 heterocycles. The van der Waals surface area contributed by atoms with Gasteiger partial charge in [0.05, 0.1) is 17.4 Å². The molecule has 1 fully saturated rings. The molecule has 1 aromatic rings. The SMILES string of the molecule is Cc1nc(N2CCC(O)C(C)C2)ncc1C(=O)O. The number of hydrogen-bond donors (Lipinski definition) is 2. The number of rotatable bonds is 2. The van der Waals surface area contributed by atoms with Gasteiger partial charge >= 0.3 is 5.97 Å². The van der Waals surface area contributed by atoms with E-state index in [9.17, 15) is 9.90 Å². The molecule has 1 saturated heterocycles. The van der Waals surface area contributed by atoms with Crippen molar-refractivity contribution in [3.63, 3.8) is 0 Å². The second kappa shape index (κ2) is 4.89. The summed E-state index contributed by atoms with van der Waals surface area (Å²) in [4.78, 5) is 21.2. The third-order valence-corrected chi connectivity index (χ3v) is 3.34. The third kappa shape index (κ3) is 2.43. The summed E-state index contributed by atoms with van der Waals surface area (Å²) >= 11 is 0. The van der Waals surface area contributed by atoms with Gasteiger partial charge in [-0.1, -0.05) is 6.92 Å². The first-order chi connectivity index (χ1) is 8.49. The number of carbonyl (C=O) groups is 1. The molecule has 0 saturated carbocycles. The molecule has 2 unspecified atom stereocenters. The molecule has 1 aliphatic heterocycles. The van der Waals surface area contributed by atoms with Gasteiger partial charge in [0.15, 0.2) is 0 Å². The van der Waals surface area contributed by atoms with Crippen LogP contribution in [-0.4, -0.2) is 45.3 Å². The Morgan fingerprint density at radius 3 is 2.83 bits per heavy atom. The van der Waals surface area contributed by atoms with E-state index in [2.05, 4.69) is 9.97 Å². The topological polar surface area (TPSA) is 86.5 Å². The highest BCUT2D eigenvalue weighted by Gasteiger charge is 2.26. The molecule has 6 nitrogen and oxygen atoms in total. The molecule has 1 aliphatic rings. The number of aromatic carboxylic acids is 1. The predicted molar refractivity (Wildman–Crippen MR) is 65.7 cm³/mol. The molecule has 2 rings (SSSR count). The van der Waals surface area contributed by atoms with Gasteiger partial charge in [-0.2, -0.15) is 0 Å². The Labute approximate surface area is 105 Å². The van der Waals surface area contributed by atoms with Gasteiger partial charge in [-0.15, -0.1) is 0 Å². The molecule has 0 aliphatic carbocycles. The molecule has 6 heteroatoms. The van der Waals surface area contributed by atoms with Gasteiger partial charge in [-0.25, -0.2) is 14.8 Å². The minimum atomic E-state index is -1.01. The molecule has 0 spiro atoms. The lowest BCUT2D eigenvalue weighted by Gasteiger charge is -2.34. The fourth-order valence-electron chi connectivity index (χ4n) is 2.13. The summed E-state index contributed by atoms with van der Waals surface area (Å²) in [5, 5.41) is 18.6. The first-order valence-electron chi connectivity index (χ1n) is 5.99. The van der Waals surface area contributed by atoms with Crippen LogP contribution < -0.4 is 4.90 Å². The van der Waals surface area contributed by atoms with E-state index < -0.39 is 5.97 Å². The Morgan fingerprint density at radius 2 is 2.28 bits per heavy atom. The van der Waals surface area contributed by atoms with E-state index >= 15 is 0 Å². The maximum atomic E-state index is 10.9.